The molecule has 2 rings (SSSR count). The van der Waals surface area contributed by atoms with Gasteiger partial charge in [0, 0.05) is 24.5 Å². The van der Waals surface area contributed by atoms with Crippen molar-refractivity contribution in [3.05, 3.63) is 45.9 Å². The number of benzene rings is 1. The second kappa shape index (κ2) is 6.85. The van der Waals surface area contributed by atoms with E-state index in [2.05, 4.69) is 15.6 Å². The molecule has 2 amide bonds. The van der Waals surface area contributed by atoms with Crippen LogP contribution in [0.5, 0.6) is 0 Å². The summed E-state index contributed by atoms with van der Waals surface area (Å²) < 4.78 is 0. The zero-order valence-corrected chi connectivity index (χ0v) is 12.2. The van der Waals surface area contributed by atoms with Gasteiger partial charge in [-0.15, -0.1) is 11.3 Å². The van der Waals surface area contributed by atoms with Crippen LogP contribution in [0.15, 0.2) is 29.8 Å². The van der Waals surface area contributed by atoms with E-state index in [-0.39, 0.29) is 5.56 Å². The van der Waals surface area contributed by atoms with Crippen molar-refractivity contribution in [2.45, 2.75) is 13.3 Å². The lowest BCUT2D eigenvalue weighted by molar-refractivity contribution is 0.0698. The number of nitrogens with zero attached hydrogens (tertiary/aromatic N) is 1. The summed E-state index contributed by atoms with van der Waals surface area (Å²) in [6, 6.07) is 4.42. The lowest BCUT2D eigenvalue weighted by Crippen LogP contribution is -2.31. The number of carbonyl (C=O) groups is 2. The van der Waals surface area contributed by atoms with Gasteiger partial charge >= 0.3 is 12.0 Å². The van der Waals surface area contributed by atoms with Crippen LogP contribution in [0.4, 0.5) is 10.5 Å². The van der Waals surface area contributed by atoms with Gasteiger partial charge in [-0.2, -0.15) is 0 Å². The predicted molar refractivity (Wildman–Crippen MR) is 81.0 cm³/mol. The third-order valence-corrected chi connectivity index (χ3v) is 3.69. The minimum absolute atomic E-state index is 0.0741. The highest BCUT2D eigenvalue weighted by Gasteiger charge is 2.14. The van der Waals surface area contributed by atoms with Crippen molar-refractivity contribution in [2.24, 2.45) is 0 Å². The number of aromatic nitrogens is 1. The first-order valence-electron chi connectivity index (χ1n) is 6.34. The first kappa shape index (κ1) is 15.0. The molecule has 0 saturated heterocycles. The number of para-hydroxylation sites is 1. The summed E-state index contributed by atoms with van der Waals surface area (Å²) in [5.74, 6) is -1.07. The van der Waals surface area contributed by atoms with Crippen LogP contribution in [0.3, 0.4) is 0 Å². The first-order valence-corrected chi connectivity index (χ1v) is 7.22. The van der Waals surface area contributed by atoms with Crippen molar-refractivity contribution in [3.8, 4) is 0 Å². The van der Waals surface area contributed by atoms with Crippen LogP contribution in [-0.2, 0) is 6.42 Å². The van der Waals surface area contributed by atoms with Gasteiger partial charge in [-0.25, -0.2) is 14.6 Å². The van der Waals surface area contributed by atoms with E-state index in [9.17, 15) is 9.59 Å². The van der Waals surface area contributed by atoms with Crippen molar-refractivity contribution >= 4 is 29.0 Å². The molecule has 1 heterocycles. The largest absolute Gasteiger partial charge is 0.478 e. The second-order valence-corrected chi connectivity index (χ2v) is 5.34. The smallest absolute Gasteiger partial charge is 0.337 e. The highest BCUT2D eigenvalue weighted by Crippen LogP contribution is 2.20. The number of aryl methyl sites for hydroxylation is 1. The van der Waals surface area contributed by atoms with Gasteiger partial charge in [0.25, 0.3) is 0 Å². The molecule has 0 aliphatic carbocycles. The Bertz CT molecular complexity index is 641. The summed E-state index contributed by atoms with van der Waals surface area (Å²) in [5, 5.41) is 17.2. The van der Waals surface area contributed by atoms with Gasteiger partial charge in [0.1, 0.15) is 0 Å². The van der Waals surface area contributed by atoms with E-state index in [0.717, 1.165) is 5.01 Å². The van der Waals surface area contributed by atoms with E-state index in [0.29, 0.717) is 24.2 Å². The molecule has 7 heteroatoms. The fourth-order valence-corrected chi connectivity index (χ4v) is 2.45. The molecule has 0 aliphatic rings. The van der Waals surface area contributed by atoms with Gasteiger partial charge in [-0.1, -0.05) is 12.1 Å². The Morgan fingerprint density at radius 3 is 2.86 bits per heavy atom. The van der Waals surface area contributed by atoms with Crippen LogP contribution in [0.1, 0.15) is 20.9 Å². The quantitative estimate of drug-likeness (QED) is 0.791. The molecule has 6 nitrogen and oxygen atoms in total. The molecule has 1 aromatic carbocycles. The summed E-state index contributed by atoms with van der Waals surface area (Å²) in [6.45, 7) is 2.19. The van der Waals surface area contributed by atoms with Crippen LogP contribution in [0.25, 0.3) is 0 Å². The maximum Gasteiger partial charge on any atom is 0.337 e. The zero-order chi connectivity index (χ0) is 15.2. The van der Waals surface area contributed by atoms with Gasteiger partial charge in [0.2, 0.25) is 0 Å². The Morgan fingerprint density at radius 2 is 2.19 bits per heavy atom. The Morgan fingerprint density at radius 1 is 1.38 bits per heavy atom. The second-order valence-electron chi connectivity index (χ2n) is 4.36. The number of carboxylic acids is 1. The number of nitrogens with one attached hydrogen (secondary N) is 2. The molecule has 0 saturated carbocycles. The van der Waals surface area contributed by atoms with E-state index in [1.54, 1.807) is 25.3 Å². The molecule has 110 valence electrons. The van der Waals surface area contributed by atoms with E-state index in [1.807, 2.05) is 5.38 Å². The molecule has 1 aromatic heterocycles. The summed E-state index contributed by atoms with van der Waals surface area (Å²) >= 11 is 1.53. The molecule has 0 atom stereocenters. The average molecular weight is 305 g/mol. The Hall–Kier alpha value is -2.41. The molecule has 0 radical (unpaired) electrons. The number of amides is 2. The molecular formula is C14H15N3O3S. The summed E-state index contributed by atoms with van der Waals surface area (Å²) in [7, 11) is 0. The summed E-state index contributed by atoms with van der Waals surface area (Å²) in [5.41, 5.74) is 1.09. The SMILES string of the molecule is Cc1cccc(C(=O)O)c1NC(=O)NCCc1nccs1. The van der Waals surface area contributed by atoms with Crippen molar-refractivity contribution < 1.29 is 14.7 Å². The van der Waals surface area contributed by atoms with Gasteiger partial charge in [-0.3, -0.25) is 0 Å². The maximum absolute atomic E-state index is 11.8. The van der Waals surface area contributed by atoms with Gasteiger partial charge < -0.3 is 15.7 Å². The molecule has 21 heavy (non-hydrogen) atoms. The van der Waals surface area contributed by atoms with Gasteiger partial charge in [-0.05, 0) is 18.6 Å². The van der Waals surface area contributed by atoms with Crippen molar-refractivity contribution in [1.82, 2.24) is 10.3 Å². The number of thiazole rings is 1. The third-order valence-electron chi connectivity index (χ3n) is 2.85. The zero-order valence-electron chi connectivity index (χ0n) is 11.4. The van der Waals surface area contributed by atoms with Crippen LogP contribution in [-0.4, -0.2) is 28.6 Å². The highest BCUT2D eigenvalue weighted by molar-refractivity contribution is 7.09. The molecule has 3 N–H and O–H groups in total. The normalized spacial score (nSPS) is 10.1. The first-order chi connectivity index (χ1) is 10.1. The Kier molecular flexibility index (Phi) is 4.89. The lowest BCUT2D eigenvalue weighted by atomic mass is 10.1. The average Bonchev–Trinajstić information content (AvgIpc) is 2.94. The monoisotopic (exact) mass is 305 g/mol. The van der Waals surface area contributed by atoms with Gasteiger partial charge in [0.15, 0.2) is 0 Å². The van der Waals surface area contributed by atoms with Crippen LogP contribution >= 0.6 is 11.3 Å². The fourth-order valence-electron chi connectivity index (χ4n) is 1.83. The number of hydrogen-bond acceptors (Lipinski definition) is 4. The third kappa shape index (κ3) is 4.03. The Labute approximate surface area is 125 Å². The summed E-state index contributed by atoms with van der Waals surface area (Å²) in [4.78, 5) is 27.1. The number of hydrogen-bond donors (Lipinski definition) is 3. The molecular weight excluding hydrogens is 290 g/mol. The van der Waals surface area contributed by atoms with Crippen LogP contribution in [0, 0.1) is 6.92 Å². The molecule has 0 bridgehead atoms. The van der Waals surface area contributed by atoms with E-state index < -0.39 is 12.0 Å². The van der Waals surface area contributed by atoms with Crippen LogP contribution < -0.4 is 10.6 Å². The minimum atomic E-state index is -1.07. The number of anilines is 1. The molecule has 0 unspecified atom stereocenters. The topological polar surface area (TPSA) is 91.3 Å². The minimum Gasteiger partial charge on any atom is -0.478 e. The predicted octanol–water partition coefficient (Wildman–Crippen LogP) is 2.51. The fraction of sp³-hybridized carbons (Fsp3) is 0.214. The number of carbonyl (C=O) groups excluding carboxylic acids is 1. The molecule has 2 aromatic rings. The standard InChI is InChI=1S/C14H15N3O3S/c1-9-3-2-4-10(13(18)19)12(9)17-14(20)16-6-5-11-15-7-8-21-11/h2-4,7-8H,5-6H2,1H3,(H,18,19)(H2,16,17,20). The molecule has 0 aliphatic heterocycles. The van der Waals surface area contributed by atoms with Crippen molar-refractivity contribution in [3.63, 3.8) is 0 Å². The molecule has 0 fully saturated rings. The van der Waals surface area contributed by atoms with E-state index in [1.165, 1.54) is 17.4 Å². The lowest BCUT2D eigenvalue weighted by Gasteiger charge is -2.12. The summed E-state index contributed by atoms with van der Waals surface area (Å²) in [6.07, 6.45) is 2.36. The van der Waals surface area contributed by atoms with Crippen LogP contribution in [0.2, 0.25) is 0 Å². The van der Waals surface area contributed by atoms with Crippen molar-refractivity contribution in [2.75, 3.05) is 11.9 Å². The number of aromatic carboxylic acids is 1. The number of rotatable bonds is 5. The Balaban J connectivity index is 1.95. The maximum atomic E-state index is 11.8. The van der Waals surface area contributed by atoms with E-state index >= 15 is 0 Å². The molecule has 0 spiro atoms. The van der Waals surface area contributed by atoms with Crippen molar-refractivity contribution in [1.29, 1.82) is 0 Å². The number of carboxylic acid groups (broad SMARTS) is 1. The van der Waals surface area contributed by atoms with E-state index in [4.69, 9.17) is 5.11 Å². The highest BCUT2D eigenvalue weighted by atomic mass is 32.1. The number of urea groups is 1. The van der Waals surface area contributed by atoms with Gasteiger partial charge in [0.05, 0.1) is 16.3 Å².